The summed E-state index contributed by atoms with van der Waals surface area (Å²) in [5.74, 6) is 0.568. The second-order valence-corrected chi connectivity index (χ2v) is 6.66. The lowest BCUT2D eigenvalue weighted by molar-refractivity contribution is -0.121. The lowest BCUT2D eigenvalue weighted by atomic mass is 9.93. The van der Waals surface area contributed by atoms with Crippen LogP contribution in [-0.4, -0.2) is 28.9 Å². The van der Waals surface area contributed by atoms with Crippen molar-refractivity contribution in [3.63, 3.8) is 0 Å². The fourth-order valence-corrected chi connectivity index (χ4v) is 2.88. The second-order valence-electron chi connectivity index (χ2n) is 6.25. The van der Waals surface area contributed by atoms with Gasteiger partial charge in [0.1, 0.15) is 12.4 Å². The minimum atomic E-state index is -0.680. The van der Waals surface area contributed by atoms with E-state index in [1.54, 1.807) is 6.07 Å². The largest absolute Gasteiger partial charge is 0.489 e. The number of nitrogens with one attached hydrogen (secondary N) is 1. The van der Waals surface area contributed by atoms with Gasteiger partial charge in [0, 0.05) is 17.9 Å². The van der Waals surface area contributed by atoms with E-state index in [1.165, 1.54) is 0 Å². The molecule has 0 radical (unpaired) electrons. The third-order valence-corrected chi connectivity index (χ3v) is 4.38. The van der Waals surface area contributed by atoms with Gasteiger partial charge in [0.15, 0.2) is 0 Å². The fourth-order valence-electron chi connectivity index (χ4n) is 2.56. The molecule has 1 saturated carbocycles. The van der Waals surface area contributed by atoms with Gasteiger partial charge in [-0.05, 0) is 37.5 Å². The Kier molecular flexibility index (Phi) is 3.87. The Bertz CT molecular complexity index is 630. The molecule has 3 rings (SSSR count). The van der Waals surface area contributed by atoms with E-state index in [2.05, 4.69) is 10.5 Å². The summed E-state index contributed by atoms with van der Waals surface area (Å²) in [5.41, 5.74) is 4.42. The van der Waals surface area contributed by atoms with Crippen molar-refractivity contribution in [1.82, 2.24) is 5.43 Å². The van der Waals surface area contributed by atoms with Crippen molar-refractivity contribution in [3.05, 3.63) is 28.3 Å². The van der Waals surface area contributed by atoms with E-state index in [0.29, 0.717) is 17.2 Å². The van der Waals surface area contributed by atoms with E-state index in [4.69, 9.17) is 16.3 Å². The van der Waals surface area contributed by atoms with Gasteiger partial charge in [-0.1, -0.05) is 18.5 Å². The molecule has 1 atom stereocenters. The maximum atomic E-state index is 11.3. The van der Waals surface area contributed by atoms with Crippen LogP contribution >= 0.6 is 11.6 Å². The van der Waals surface area contributed by atoms with E-state index in [1.807, 2.05) is 19.9 Å². The van der Waals surface area contributed by atoms with Crippen LogP contribution < -0.4 is 10.2 Å². The number of benzene rings is 1. The highest BCUT2D eigenvalue weighted by Crippen LogP contribution is 2.38. The van der Waals surface area contributed by atoms with E-state index in [-0.39, 0.29) is 18.4 Å². The molecule has 1 unspecified atom stereocenters. The van der Waals surface area contributed by atoms with Crippen molar-refractivity contribution in [3.8, 4) is 5.75 Å². The topological polar surface area (TPSA) is 70.9 Å². The maximum Gasteiger partial charge on any atom is 0.240 e. The molecular formula is C16H19ClN2O3. The first-order valence-corrected chi connectivity index (χ1v) is 7.78. The van der Waals surface area contributed by atoms with Gasteiger partial charge in [-0.2, -0.15) is 5.10 Å². The van der Waals surface area contributed by atoms with Gasteiger partial charge in [-0.25, -0.2) is 5.43 Å². The van der Waals surface area contributed by atoms with Crippen molar-refractivity contribution in [2.45, 2.75) is 38.7 Å². The fraction of sp³-hybridized carbons (Fsp3) is 0.500. The third kappa shape index (κ3) is 3.10. The summed E-state index contributed by atoms with van der Waals surface area (Å²) in [7, 11) is 0. The molecule has 1 fully saturated rings. The van der Waals surface area contributed by atoms with Crippen molar-refractivity contribution < 1.29 is 14.6 Å². The predicted octanol–water partition coefficient (Wildman–Crippen LogP) is 2.41. The molecule has 0 spiro atoms. The summed E-state index contributed by atoms with van der Waals surface area (Å²) in [6.07, 6.45) is 1.96. The average molecular weight is 323 g/mol. The zero-order valence-electron chi connectivity index (χ0n) is 12.6. The van der Waals surface area contributed by atoms with Gasteiger partial charge in [-0.3, -0.25) is 4.79 Å². The first-order valence-electron chi connectivity index (χ1n) is 7.40. The molecule has 5 nitrogen and oxygen atoms in total. The lowest BCUT2D eigenvalue weighted by Crippen LogP contribution is -2.32. The predicted molar refractivity (Wildman–Crippen MR) is 84.3 cm³/mol. The van der Waals surface area contributed by atoms with Crippen molar-refractivity contribution in [2.24, 2.45) is 11.0 Å². The van der Waals surface area contributed by atoms with Crippen LogP contribution in [0.25, 0.3) is 0 Å². The van der Waals surface area contributed by atoms with Crippen molar-refractivity contribution in [2.75, 3.05) is 6.61 Å². The third-order valence-electron chi connectivity index (χ3n) is 4.10. The second kappa shape index (κ2) is 5.56. The van der Waals surface area contributed by atoms with Crippen LogP contribution in [0, 0.1) is 12.8 Å². The van der Waals surface area contributed by atoms with Crippen LogP contribution in [0.2, 0.25) is 5.02 Å². The molecule has 1 amide bonds. The zero-order chi connectivity index (χ0) is 15.9. The molecule has 0 bridgehead atoms. The molecule has 1 aliphatic heterocycles. The van der Waals surface area contributed by atoms with Gasteiger partial charge in [0.25, 0.3) is 0 Å². The first kappa shape index (κ1) is 15.3. The van der Waals surface area contributed by atoms with Crippen LogP contribution in [0.1, 0.15) is 37.3 Å². The van der Waals surface area contributed by atoms with Gasteiger partial charge in [0.05, 0.1) is 16.3 Å². The number of carbonyl (C=O) groups is 1. The number of aliphatic hydroxyl groups is 1. The van der Waals surface area contributed by atoms with Gasteiger partial charge >= 0.3 is 0 Å². The summed E-state index contributed by atoms with van der Waals surface area (Å²) >= 11 is 6.33. The standard InChI is InChI=1S/C16H19ClN2O3/c1-9-6-13(20)18-19-14(9)11-5-10(2)15(12(17)7-11)22-8-16(21)3-4-16/h5,7,9,21H,3-4,6,8H2,1-2H3,(H,18,20). The number of hydrogen-bond acceptors (Lipinski definition) is 4. The molecule has 1 aromatic rings. The Hall–Kier alpha value is -1.59. The maximum absolute atomic E-state index is 11.3. The minimum Gasteiger partial charge on any atom is -0.489 e. The number of carbonyl (C=O) groups excluding carboxylic acids is 1. The molecule has 1 aromatic carbocycles. The summed E-state index contributed by atoms with van der Waals surface area (Å²) in [5, 5.41) is 14.5. The Morgan fingerprint density at radius 3 is 2.82 bits per heavy atom. The van der Waals surface area contributed by atoms with Gasteiger partial charge in [-0.15, -0.1) is 0 Å². The first-order chi connectivity index (χ1) is 10.4. The Morgan fingerprint density at radius 1 is 1.50 bits per heavy atom. The number of aryl methyl sites for hydroxylation is 1. The molecule has 0 aromatic heterocycles. The van der Waals surface area contributed by atoms with E-state index in [9.17, 15) is 9.90 Å². The van der Waals surface area contributed by atoms with E-state index < -0.39 is 5.60 Å². The summed E-state index contributed by atoms with van der Waals surface area (Å²) in [4.78, 5) is 11.3. The quantitative estimate of drug-likeness (QED) is 0.894. The number of amides is 1. The molecule has 2 N–H and O–H groups in total. The number of hydrogen-bond donors (Lipinski definition) is 2. The zero-order valence-corrected chi connectivity index (χ0v) is 13.4. The number of ether oxygens (including phenoxy) is 1. The van der Waals surface area contributed by atoms with Crippen molar-refractivity contribution >= 4 is 23.2 Å². The lowest BCUT2D eigenvalue weighted by Gasteiger charge is -2.21. The molecule has 118 valence electrons. The summed E-state index contributed by atoms with van der Waals surface area (Å²) in [6.45, 7) is 4.14. The molecular weight excluding hydrogens is 304 g/mol. The molecule has 1 aliphatic carbocycles. The van der Waals surface area contributed by atoms with Crippen LogP contribution in [-0.2, 0) is 4.79 Å². The molecule has 22 heavy (non-hydrogen) atoms. The van der Waals surface area contributed by atoms with E-state index in [0.717, 1.165) is 29.7 Å². The number of nitrogens with zero attached hydrogens (tertiary/aromatic N) is 1. The Morgan fingerprint density at radius 2 is 2.23 bits per heavy atom. The van der Waals surface area contributed by atoms with E-state index >= 15 is 0 Å². The number of hydrazone groups is 1. The van der Waals surface area contributed by atoms with Crippen LogP contribution in [0.15, 0.2) is 17.2 Å². The minimum absolute atomic E-state index is 0.0446. The summed E-state index contributed by atoms with van der Waals surface area (Å²) in [6, 6.07) is 3.75. The van der Waals surface area contributed by atoms with Crippen molar-refractivity contribution in [1.29, 1.82) is 0 Å². The summed E-state index contributed by atoms with van der Waals surface area (Å²) < 4.78 is 5.69. The van der Waals surface area contributed by atoms with Crippen LogP contribution in [0.3, 0.4) is 0 Å². The monoisotopic (exact) mass is 322 g/mol. The Labute approximate surface area is 134 Å². The highest BCUT2D eigenvalue weighted by atomic mass is 35.5. The highest BCUT2D eigenvalue weighted by Gasteiger charge is 2.41. The molecule has 2 aliphatic rings. The van der Waals surface area contributed by atoms with Crippen LogP contribution in [0.4, 0.5) is 0 Å². The average Bonchev–Trinajstić information content (AvgIpc) is 3.15. The van der Waals surface area contributed by atoms with Gasteiger partial charge in [0.2, 0.25) is 5.91 Å². The SMILES string of the molecule is Cc1cc(C2=NNC(=O)CC2C)cc(Cl)c1OCC1(O)CC1. The number of rotatable bonds is 4. The molecule has 6 heteroatoms. The van der Waals surface area contributed by atoms with Gasteiger partial charge < -0.3 is 9.84 Å². The normalized spacial score (nSPS) is 22.8. The molecule has 1 heterocycles. The number of halogens is 1. The van der Waals surface area contributed by atoms with Crippen LogP contribution in [0.5, 0.6) is 5.75 Å². The Balaban J connectivity index is 1.84. The smallest absolute Gasteiger partial charge is 0.240 e. The highest BCUT2D eigenvalue weighted by molar-refractivity contribution is 6.32. The molecule has 0 saturated heterocycles.